The van der Waals surface area contributed by atoms with Gasteiger partial charge in [0.05, 0.1) is 12.1 Å². The van der Waals surface area contributed by atoms with Crippen molar-refractivity contribution in [2.45, 2.75) is 25.9 Å². The van der Waals surface area contributed by atoms with E-state index in [1.807, 2.05) is 6.92 Å². The Morgan fingerprint density at radius 2 is 2.05 bits per heavy atom. The molecule has 0 saturated carbocycles. The third-order valence-electron chi connectivity index (χ3n) is 2.58. The molecule has 0 spiro atoms. The molecule has 1 aromatic rings. The molecule has 1 rings (SSSR count). The highest BCUT2D eigenvalue weighted by molar-refractivity contribution is 9.10. The fraction of sp³-hybridized carbons (Fsp3) is 0.462. The molecule has 0 aliphatic carbocycles. The number of amides is 1. The highest BCUT2D eigenvalue weighted by atomic mass is 79.9. The molecule has 2 N–H and O–H groups in total. The summed E-state index contributed by atoms with van der Waals surface area (Å²) in [6.45, 7) is 2.53. The number of hydrogen-bond acceptors (Lipinski definition) is 2. The Morgan fingerprint density at radius 1 is 1.35 bits per heavy atom. The van der Waals surface area contributed by atoms with Crippen molar-refractivity contribution < 1.29 is 18.0 Å². The Labute approximate surface area is 124 Å². The molecule has 0 radical (unpaired) electrons. The summed E-state index contributed by atoms with van der Waals surface area (Å²) in [6.07, 6.45) is -2.59. The lowest BCUT2D eigenvalue weighted by Crippen LogP contribution is -2.30. The molecule has 0 atom stereocenters. The van der Waals surface area contributed by atoms with Crippen LogP contribution >= 0.6 is 15.9 Å². The fourth-order valence-corrected chi connectivity index (χ4v) is 1.97. The second-order valence-electron chi connectivity index (χ2n) is 4.25. The minimum absolute atomic E-state index is 0.0250. The zero-order chi connectivity index (χ0) is 15.2. The lowest BCUT2D eigenvalue weighted by atomic mass is 10.2. The number of alkyl halides is 3. The SMILES string of the molecule is CCCCNC(=O)CNc1ccc(Br)c(C(F)(F)F)c1. The van der Waals surface area contributed by atoms with Crippen LogP contribution in [0.4, 0.5) is 18.9 Å². The molecule has 0 bridgehead atoms. The summed E-state index contributed by atoms with van der Waals surface area (Å²) in [4.78, 5) is 11.4. The Bertz CT molecular complexity index is 463. The van der Waals surface area contributed by atoms with Gasteiger partial charge in [0.15, 0.2) is 0 Å². The molecule has 1 amide bonds. The molecule has 0 heterocycles. The molecule has 112 valence electrons. The van der Waals surface area contributed by atoms with E-state index in [-0.39, 0.29) is 22.6 Å². The van der Waals surface area contributed by atoms with Crippen molar-refractivity contribution in [3.8, 4) is 0 Å². The lowest BCUT2D eigenvalue weighted by molar-refractivity contribution is -0.138. The average molecular weight is 353 g/mol. The lowest BCUT2D eigenvalue weighted by Gasteiger charge is -2.12. The Hall–Kier alpha value is -1.24. The van der Waals surface area contributed by atoms with E-state index in [2.05, 4.69) is 26.6 Å². The van der Waals surface area contributed by atoms with Crippen LogP contribution in [0.25, 0.3) is 0 Å². The zero-order valence-electron chi connectivity index (χ0n) is 11.0. The monoisotopic (exact) mass is 352 g/mol. The minimum Gasteiger partial charge on any atom is -0.376 e. The number of hydrogen-bond donors (Lipinski definition) is 2. The van der Waals surface area contributed by atoms with E-state index >= 15 is 0 Å². The quantitative estimate of drug-likeness (QED) is 0.764. The molecular weight excluding hydrogens is 337 g/mol. The van der Waals surface area contributed by atoms with E-state index in [9.17, 15) is 18.0 Å². The van der Waals surface area contributed by atoms with Crippen molar-refractivity contribution in [3.63, 3.8) is 0 Å². The normalized spacial score (nSPS) is 11.2. The van der Waals surface area contributed by atoms with Gasteiger partial charge in [0, 0.05) is 16.7 Å². The number of halogens is 4. The Kier molecular flexibility index (Phi) is 6.32. The Morgan fingerprint density at radius 3 is 2.65 bits per heavy atom. The molecule has 1 aromatic carbocycles. The van der Waals surface area contributed by atoms with Crippen LogP contribution in [0, 0.1) is 0 Å². The van der Waals surface area contributed by atoms with Crippen molar-refractivity contribution >= 4 is 27.5 Å². The fourth-order valence-electron chi connectivity index (χ4n) is 1.50. The van der Waals surface area contributed by atoms with E-state index in [4.69, 9.17) is 0 Å². The van der Waals surface area contributed by atoms with E-state index in [0.29, 0.717) is 6.54 Å². The second-order valence-corrected chi connectivity index (χ2v) is 5.10. The topological polar surface area (TPSA) is 41.1 Å². The third-order valence-corrected chi connectivity index (χ3v) is 3.27. The maximum absolute atomic E-state index is 12.7. The summed E-state index contributed by atoms with van der Waals surface area (Å²) in [5, 5.41) is 5.36. The maximum Gasteiger partial charge on any atom is 0.417 e. The number of nitrogens with one attached hydrogen (secondary N) is 2. The maximum atomic E-state index is 12.7. The van der Waals surface area contributed by atoms with Gasteiger partial charge in [-0.25, -0.2) is 0 Å². The second kappa shape index (κ2) is 7.52. The highest BCUT2D eigenvalue weighted by Gasteiger charge is 2.33. The van der Waals surface area contributed by atoms with Gasteiger partial charge in [-0.05, 0) is 24.6 Å². The van der Waals surface area contributed by atoms with Crippen LogP contribution in [-0.4, -0.2) is 19.0 Å². The molecule has 0 saturated heterocycles. The molecule has 3 nitrogen and oxygen atoms in total. The molecule has 0 aliphatic heterocycles. The number of unbranched alkanes of at least 4 members (excludes halogenated alkanes) is 1. The largest absolute Gasteiger partial charge is 0.417 e. The smallest absolute Gasteiger partial charge is 0.376 e. The number of benzene rings is 1. The first-order valence-electron chi connectivity index (χ1n) is 6.22. The highest BCUT2D eigenvalue weighted by Crippen LogP contribution is 2.36. The summed E-state index contributed by atoms with van der Waals surface area (Å²) in [5.74, 6) is -0.241. The van der Waals surface area contributed by atoms with Gasteiger partial charge >= 0.3 is 6.18 Å². The summed E-state index contributed by atoms with van der Waals surface area (Å²) in [5.41, 5.74) is -0.514. The first-order valence-corrected chi connectivity index (χ1v) is 7.01. The van der Waals surface area contributed by atoms with Crippen molar-refractivity contribution in [1.29, 1.82) is 0 Å². The van der Waals surface area contributed by atoms with E-state index in [0.717, 1.165) is 18.9 Å². The number of rotatable bonds is 6. The predicted octanol–water partition coefficient (Wildman–Crippen LogP) is 3.80. The van der Waals surface area contributed by atoms with Gasteiger partial charge < -0.3 is 10.6 Å². The van der Waals surface area contributed by atoms with Crippen molar-refractivity contribution in [2.24, 2.45) is 0 Å². The van der Waals surface area contributed by atoms with Gasteiger partial charge in [0.1, 0.15) is 0 Å². The first kappa shape index (κ1) is 16.8. The molecule has 0 aromatic heterocycles. The molecule has 7 heteroatoms. The molecular formula is C13H16BrF3N2O. The summed E-state index contributed by atoms with van der Waals surface area (Å²) >= 11 is 2.86. The van der Waals surface area contributed by atoms with Crippen LogP contribution in [0.3, 0.4) is 0 Å². The Balaban J connectivity index is 2.59. The minimum atomic E-state index is -4.43. The summed E-state index contributed by atoms with van der Waals surface area (Å²) < 4.78 is 38.1. The third kappa shape index (κ3) is 5.40. The zero-order valence-corrected chi connectivity index (χ0v) is 12.6. The number of carbonyl (C=O) groups excluding carboxylic acids is 1. The van der Waals surface area contributed by atoms with E-state index < -0.39 is 11.7 Å². The predicted molar refractivity (Wildman–Crippen MR) is 75.6 cm³/mol. The van der Waals surface area contributed by atoms with Crippen LogP contribution in [0.1, 0.15) is 25.3 Å². The van der Waals surface area contributed by atoms with Gasteiger partial charge in [-0.2, -0.15) is 13.2 Å². The van der Waals surface area contributed by atoms with Crippen LogP contribution < -0.4 is 10.6 Å². The van der Waals surface area contributed by atoms with E-state index in [1.165, 1.54) is 12.1 Å². The molecule has 0 aliphatic rings. The molecule has 0 unspecified atom stereocenters. The van der Waals surface area contributed by atoms with Crippen LogP contribution in [0.15, 0.2) is 22.7 Å². The van der Waals surface area contributed by atoms with E-state index in [1.54, 1.807) is 0 Å². The van der Waals surface area contributed by atoms with Gasteiger partial charge in [-0.3, -0.25) is 4.79 Å². The standard InChI is InChI=1S/C13H16BrF3N2O/c1-2-3-6-18-12(20)8-19-9-4-5-11(14)10(7-9)13(15,16)17/h4-5,7,19H,2-3,6,8H2,1H3,(H,18,20). The number of carbonyl (C=O) groups is 1. The summed E-state index contributed by atoms with van der Waals surface area (Å²) in [6, 6.07) is 3.77. The van der Waals surface area contributed by atoms with Crippen molar-refractivity contribution in [3.05, 3.63) is 28.2 Å². The molecule has 0 fully saturated rings. The molecule has 20 heavy (non-hydrogen) atoms. The van der Waals surface area contributed by atoms with Crippen molar-refractivity contribution in [1.82, 2.24) is 5.32 Å². The van der Waals surface area contributed by atoms with Gasteiger partial charge in [-0.15, -0.1) is 0 Å². The summed E-state index contributed by atoms with van der Waals surface area (Å²) in [7, 11) is 0. The van der Waals surface area contributed by atoms with Gasteiger partial charge in [0.2, 0.25) is 5.91 Å². The average Bonchev–Trinajstić information content (AvgIpc) is 2.36. The van der Waals surface area contributed by atoms with Gasteiger partial charge in [-0.1, -0.05) is 29.3 Å². The van der Waals surface area contributed by atoms with Crippen LogP contribution in [-0.2, 0) is 11.0 Å². The first-order chi connectivity index (χ1) is 9.34. The van der Waals surface area contributed by atoms with Crippen molar-refractivity contribution in [2.75, 3.05) is 18.4 Å². The number of anilines is 1. The van der Waals surface area contributed by atoms with Crippen LogP contribution in [0.2, 0.25) is 0 Å². The van der Waals surface area contributed by atoms with Crippen LogP contribution in [0.5, 0.6) is 0 Å². The van der Waals surface area contributed by atoms with Gasteiger partial charge in [0.25, 0.3) is 0 Å².